The maximum absolute atomic E-state index is 13.4. The minimum atomic E-state index is -4.50. The van der Waals surface area contributed by atoms with Crippen LogP contribution < -0.4 is 15.0 Å². The second kappa shape index (κ2) is 6.73. The van der Waals surface area contributed by atoms with Crippen LogP contribution in [0.1, 0.15) is 5.56 Å². The fraction of sp³-hybridized carbons (Fsp3) is 0.316. The second-order valence-electron chi connectivity index (χ2n) is 6.66. The SMILES string of the molecule is O=C1COc2cc(-c3ccccc3C(F)(F)F)c(Cl)cc2N1CC1CNC1. The number of nitrogens with zero attached hydrogens (tertiary/aromatic N) is 1. The first kappa shape index (κ1) is 18.1. The van der Waals surface area contributed by atoms with Crippen LogP contribution in [0.2, 0.25) is 5.02 Å². The van der Waals surface area contributed by atoms with Crippen molar-refractivity contribution in [2.45, 2.75) is 6.18 Å². The van der Waals surface area contributed by atoms with E-state index in [1.54, 1.807) is 4.90 Å². The maximum atomic E-state index is 13.4. The van der Waals surface area contributed by atoms with Crippen molar-refractivity contribution < 1.29 is 22.7 Å². The normalized spacial score (nSPS) is 17.3. The molecule has 1 N–H and O–H groups in total. The number of anilines is 1. The van der Waals surface area contributed by atoms with Crippen molar-refractivity contribution in [3.8, 4) is 16.9 Å². The summed E-state index contributed by atoms with van der Waals surface area (Å²) in [5.41, 5.74) is -0.0662. The maximum Gasteiger partial charge on any atom is 0.417 e. The Labute approximate surface area is 158 Å². The summed E-state index contributed by atoms with van der Waals surface area (Å²) in [6.07, 6.45) is -4.50. The average molecular weight is 397 g/mol. The second-order valence-corrected chi connectivity index (χ2v) is 7.07. The van der Waals surface area contributed by atoms with Crippen molar-refractivity contribution in [1.29, 1.82) is 0 Å². The van der Waals surface area contributed by atoms with Gasteiger partial charge >= 0.3 is 6.18 Å². The quantitative estimate of drug-likeness (QED) is 0.853. The fourth-order valence-corrected chi connectivity index (χ4v) is 3.59. The summed E-state index contributed by atoms with van der Waals surface area (Å²) in [5.74, 6) is 0.511. The summed E-state index contributed by atoms with van der Waals surface area (Å²) in [6.45, 7) is 2.03. The molecule has 0 bridgehead atoms. The molecule has 0 unspecified atom stereocenters. The van der Waals surface area contributed by atoms with E-state index in [0.29, 0.717) is 23.9 Å². The molecule has 0 saturated carbocycles. The highest BCUT2D eigenvalue weighted by atomic mass is 35.5. The highest BCUT2D eigenvalue weighted by Crippen LogP contribution is 2.44. The van der Waals surface area contributed by atoms with Gasteiger partial charge in [0.05, 0.1) is 16.3 Å². The number of ether oxygens (including phenoxy) is 1. The van der Waals surface area contributed by atoms with Crippen LogP contribution in [-0.4, -0.2) is 32.1 Å². The molecule has 2 aromatic rings. The minimum Gasteiger partial charge on any atom is -0.482 e. The summed E-state index contributed by atoms with van der Waals surface area (Å²) in [6, 6.07) is 8.26. The van der Waals surface area contributed by atoms with Gasteiger partial charge in [-0.1, -0.05) is 29.8 Å². The molecule has 1 saturated heterocycles. The number of carbonyl (C=O) groups excluding carboxylic acids is 1. The Bertz CT molecular complexity index is 897. The van der Waals surface area contributed by atoms with Gasteiger partial charge in [-0.25, -0.2) is 0 Å². The zero-order valence-corrected chi connectivity index (χ0v) is 14.9. The Morgan fingerprint density at radius 3 is 2.59 bits per heavy atom. The topological polar surface area (TPSA) is 41.6 Å². The van der Waals surface area contributed by atoms with Crippen LogP contribution in [-0.2, 0) is 11.0 Å². The Morgan fingerprint density at radius 2 is 1.93 bits per heavy atom. The van der Waals surface area contributed by atoms with Crippen molar-refractivity contribution in [3.63, 3.8) is 0 Å². The Kier molecular flexibility index (Phi) is 4.52. The van der Waals surface area contributed by atoms with E-state index >= 15 is 0 Å². The number of rotatable bonds is 3. The standard InChI is InChI=1S/C19H16ClF3N2O2/c20-15-6-16-17(27-10-18(26)25(16)9-11-7-24-8-11)5-13(15)12-3-1-2-4-14(12)19(21,22)23/h1-6,11,24H,7-10H2. The van der Waals surface area contributed by atoms with Gasteiger partial charge in [-0.2, -0.15) is 13.2 Å². The number of benzene rings is 2. The lowest BCUT2D eigenvalue weighted by molar-refractivity contribution is -0.137. The van der Waals surface area contributed by atoms with E-state index in [1.807, 2.05) is 0 Å². The molecule has 2 aliphatic heterocycles. The van der Waals surface area contributed by atoms with Gasteiger partial charge in [0, 0.05) is 31.1 Å². The predicted molar refractivity (Wildman–Crippen MR) is 96.1 cm³/mol. The van der Waals surface area contributed by atoms with Crippen molar-refractivity contribution in [2.75, 3.05) is 31.1 Å². The fourth-order valence-electron chi connectivity index (χ4n) is 3.33. The number of nitrogens with one attached hydrogen (secondary N) is 1. The summed E-state index contributed by atoms with van der Waals surface area (Å²) >= 11 is 6.34. The molecule has 0 spiro atoms. The number of amides is 1. The molecule has 0 aromatic heterocycles. The average Bonchev–Trinajstić information content (AvgIpc) is 2.58. The summed E-state index contributed by atoms with van der Waals surface area (Å²) < 4.78 is 45.6. The molecule has 4 rings (SSSR count). The van der Waals surface area contributed by atoms with Gasteiger partial charge in [-0.3, -0.25) is 4.79 Å². The van der Waals surface area contributed by atoms with Crippen molar-refractivity contribution in [2.24, 2.45) is 5.92 Å². The molecule has 0 radical (unpaired) electrons. The number of carbonyl (C=O) groups is 1. The van der Waals surface area contributed by atoms with Crippen LogP contribution in [0.25, 0.3) is 11.1 Å². The smallest absolute Gasteiger partial charge is 0.417 e. The van der Waals surface area contributed by atoms with Gasteiger partial charge in [-0.05, 0) is 23.8 Å². The lowest BCUT2D eigenvalue weighted by Gasteiger charge is -2.36. The first-order valence-electron chi connectivity index (χ1n) is 8.48. The van der Waals surface area contributed by atoms with Crippen LogP contribution in [0.5, 0.6) is 5.75 Å². The highest BCUT2D eigenvalue weighted by Gasteiger charge is 2.35. The van der Waals surface area contributed by atoms with E-state index in [1.165, 1.54) is 30.3 Å². The van der Waals surface area contributed by atoms with Gasteiger partial charge in [0.1, 0.15) is 5.75 Å². The van der Waals surface area contributed by atoms with Crippen LogP contribution in [0.3, 0.4) is 0 Å². The molecule has 142 valence electrons. The van der Waals surface area contributed by atoms with Crippen LogP contribution in [0.15, 0.2) is 36.4 Å². The largest absolute Gasteiger partial charge is 0.482 e. The van der Waals surface area contributed by atoms with E-state index in [2.05, 4.69) is 5.32 Å². The molecule has 2 heterocycles. The van der Waals surface area contributed by atoms with E-state index in [-0.39, 0.29) is 28.7 Å². The molecule has 8 heteroatoms. The van der Waals surface area contributed by atoms with Crippen molar-refractivity contribution in [3.05, 3.63) is 47.0 Å². The number of hydrogen-bond acceptors (Lipinski definition) is 3. The molecule has 27 heavy (non-hydrogen) atoms. The molecular weight excluding hydrogens is 381 g/mol. The van der Waals surface area contributed by atoms with Crippen molar-refractivity contribution >= 4 is 23.2 Å². The summed E-state index contributed by atoms with van der Waals surface area (Å²) in [7, 11) is 0. The van der Waals surface area contributed by atoms with E-state index in [0.717, 1.165) is 19.2 Å². The van der Waals surface area contributed by atoms with E-state index in [4.69, 9.17) is 16.3 Å². The number of fused-ring (bicyclic) bond motifs is 1. The molecule has 1 fully saturated rings. The van der Waals surface area contributed by atoms with Crippen molar-refractivity contribution in [1.82, 2.24) is 5.32 Å². The lowest BCUT2D eigenvalue weighted by atomic mass is 9.97. The molecule has 2 aliphatic rings. The molecule has 2 aromatic carbocycles. The number of hydrogen-bond donors (Lipinski definition) is 1. The Balaban J connectivity index is 1.77. The monoisotopic (exact) mass is 396 g/mol. The molecule has 1 amide bonds. The van der Waals surface area contributed by atoms with Gasteiger partial charge < -0.3 is 15.0 Å². The minimum absolute atomic E-state index is 0.0203. The third-order valence-corrected chi connectivity index (χ3v) is 5.13. The first-order valence-corrected chi connectivity index (χ1v) is 8.86. The third-order valence-electron chi connectivity index (χ3n) is 4.82. The van der Waals surface area contributed by atoms with E-state index in [9.17, 15) is 18.0 Å². The first-order chi connectivity index (χ1) is 12.8. The van der Waals surface area contributed by atoms with Crippen LogP contribution in [0, 0.1) is 5.92 Å². The van der Waals surface area contributed by atoms with Crippen LogP contribution >= 0.6 is 11.6 Å². The van der Waals surface area contributed by atoms with Gasteiger partial charge in [0.25, 0.3) is 5.91 Å². The molecular formula is C19H16ClF3N2O2. The number of alkyl halides is 3. The zero-order chi connectivity index (χ0) is 19.2. The van der Waals surface area contributed by atoms with Gasteiger partial charge in [-0.15, -0.1) is 0 Å². The van der Waals surface area contributed by atoms with Gasteiger partial charge in [0.2, 0.25) is 0 Å². The Morgan fingerprint density at radius 1 is 1.19 bits per heavy atom. The Hall–Kier alpha value is -2.25. The molecule has 0 atom stereocenters. The number of halogens is 4. The summed E-state index contributed by atoms with van der Waals surface area (Å²) in [5, 5.41) is 3.29. The lowest BCUT2D eigenvalue weighted by Crippen LogP contribution is -2.51. The molecule has 4 nitrogen and oxygen atoms in total. The molecule has 0 aliphatic carbocycles. The zero-order valence-electron chi connectivity index (χ0n) is 14.1. The summed E-state index contributed by atoms with van der Waals surface area (Å²) in [4.78, 5) is 13.9. The van der Waals surface area contributed by atoms with Gasteiger partial charge in [0.15, 0.2) is 6.61 Å². The highest BCUT2D eigenvalue weighted by molar-refractivity contribution is 6.34. The third kappa shape index (κ3) is 3.37. The predicted octanol–water partition coefficient (Wildman–Crippen LogP) is 3.97. The van der Waals surface area contributed by atoms with Crippen LogP contribution in [0.4, 0.5) is 18.9 Å². The van der Waals surface area contributed by atoms with E-state index < -0.39 is 11.7 Å².